The number of halogens is 1. The standard InChI is InChI=1S/C13H16BrN/c14-11-2-1-3-12(8-11)15-13(9-4-5-9)10-6-7-10/h1-3,8-10,13,15H,4-7H2. The van der Waals surface area contributed by atoms with Gasteiger partial charge in [0.1, 0.15) is 0 Å². The van der Waals surface area contributed by atoms with E-state index in [1.165, 1.54) is 31.4 Å². The highest BCUT2D eigenvalue weighted by molar-refractivity contribution is 9.10. The summed E-state index contributed by atoms with van der Waals surface area (Å²) in [7, 11) is 0. The van der Waals surface area contributed by atoms with Crippen molar-refractivity contribution in [3.8, 4) is 0 Å². The molecule has 2 aliphatic rings. The van der Waals surface area contributed by atoms with Crippen LogP contribution < -0.4 is 5.32 Å². The lowest BCUT2D eigenvalue weighted by Gasteiger charge is -2.19. The SMILES string of the molecule is Brc1cccc(NC(C2CC2)C2CC2)c1. The van der Waals surface area contributed by atoms with Crippen LogP contribution in [0.15, 0.2) is 28.7 Å². The second-order valence-corrected chi connectivity index (χ2v) is 5.77. The summed E-state index contributed by atoms with van der Waals surface area (Å²) < 4.78 is 1.16. The predicted molar refractivity (Wildman–Crippen MR) is 67.0 cm³/mol. The van der Waals surface area contributed by atoms with E-state index in [2.05, 4.69) is 45.5 Å². The van der Waals surface area contributed by atoms with E-state index in [-0.39, 0.29) is 0 Å². The van der Waals surface area contributed by atoms with Crippen molar-refractivity contribution in [2.75, 3.05) is 5.32 Å². The lowest BCUT2D eigenvalue weighted by Crippen LogP contribution is -2.24. The van der Waals surface area contributed by atoms with E-state index in [9.17, 15) is 0 Å². The molecule has 3 rings (SSSR count). The minimum absolute atomic E-state index is 0.749. The second-order valence-electron chi connectivity index (χ2n) is 4.86. The maximum Gasteiger partial charge on any atom is 0.0353 e. The van der Waals surface area contributed by atoms with E-state index in [0.29, 0.717) is 0 Å². The molecule has 0 unspecified atom stereocenters. The average molecular weight is 266 g/mol. The molecule has 15 heavy (non-hydrogen) atoms. The molecule has 2 heteroatoms. The molecule has 0 saturated heterocycles. The number of rotatable bonds is 4. The van der Waals surface area contributed by atoms with Gasteiger partial charge in [0.2, 0.25) is 0 Å². The molecule has 0 amide bonds. The van der Waals surface area contributed by atoms with Crippen molar-refractivity contribution in [2.24, 2.45) is 11.8 Å². The van der Waals surface area contributed by atoms with E-state index in [1.807, 2.05) is 0 Å². The Morgan fingerprint density at radius 2 is 1.80 bits per heavy atom. The van der Waals surface area contributed by atoms with Gasteiger partial charge in [-0.05, 0) is 55.7 Å². The van der Waals surface area contributed by atoms with Crippen LogP contribution in [0.2, 0.25) is 0 Å². The van der Waals surface area contributed by atoms with Crippen molar-refractivity contribution in [2.45, 2.75) is 31.7 Å². The normalized spacial score (nSPS) is 20.7. The van der Waals surface area contributed by atoms with Crippen LogP contribution in [0.3, 0.4) is 0 Å². The summed E-state index contributed by atoms with van der Waals surface area (Å²) in [5.74, 6) is 1.91. The molecular weight excluding hydrogens is 250 g/mol. The Labute approximate surface area is 99.4 Å². The zero-order valence-electron chi connectivity index (χ0n) is 8.75. The Kier molecular flexibility index (Phi) is 2.47. The van der Waals surface area contributed by atoms with E-state index in [1.54, 1.807) is 0 Å². The Morgan fingerprint density at radius 3 is 2.33 bits per heavy atom. The lowest BCUT2D eigenvalue weighted by atomic mass is 10.1. The lowest BCUT2D eigenvalue weighted by molar-refractivity contribution is 0.568. The van der Waals surface area contributed by atoms with Crippen LogP contribution in [0, 0.1) is 11.8 Å². The first-order chi connectivity index (χ1) is 7.33. The third-order valence-corrected chi connectivity index (χ3v) is 3.91. The van der Waals surface area contributed by atoms with Gasteiger partial charge in [0, 0.05) is 16.2 Å². The Hall–Kier alpha value is -0.500. The highest BCUT2D eigenvalue weighted by Gasteiger charge is 2.41. The van der Waals surface area contributed by atoms with Crippen LogP contribution in [0.1, 0.15) is 25.7 Å². The fraction of sp³-hybridized carbons (Fsp3) is 0.538. The smallest absolute Gasteiger partial charge is 0.0353 e. The van der Waals surface area contributed by atoms with Crippen LogP contribution in [-0.2, 0) is 0 Å². The van der Waals surface area contributed by atoms with Crippen molar-refractivity contribution in [3.05, 3.63) is 28.7 Å². The van der Waals surface area contributed by atoms with Gasteiger partial charge in [0.15, 0.2) is 0 Å². The fourth-order valence-electron chi connectivity index (χ4n) is 2.30. The summed E-state index contributed by atoms with van der Waals surface area (Å²) in [5, 5.41) is 3.71. The predicted octanol–water partition coefficient (Wildman–Crippen LogP) is 4.05. The van der Waals surface area contributed by atoms with Crippen molar-refractivity contribution >= 4 is 21.6 Å². The molecule has 0 aromatic heterocycles. The van der Waals surface area contributed by atoms with Crippen LogP contribution in [-0.4, -0.2) is 6.04 Å². The molecule has 0 atom stereocenters. The van der Waals surface area contributed by atoms with Gasteiger partial charge in [-0.3, -0.25) is 0 Å². The quantitative estimate of drug-likeness (QED) is 0.866. The molecule has 2 aliphatic carbocycles. The summed E-state index contributed by atoms with van der Waals surface area (Å²) in [4.78, 5) is 0. The zero-order valence-corrected chi connectivity index (χ0v) is 10.3. The highest BCUT2D eigenvalue weighted by Crippen LogP contribution is 2.45. The van der Waals surface area contributed by atoms with Gasteiger partial charge in [-0.25, -0.2) is 0 Å². The molecule has 1 nitrogen and oxygen atoms in total. The maximum absolute atomic E-state index is 3.71. The Morgan fingerprint density at radius 1 is 1.13 bits per heavy atom. The highest BCUT2D eigenvalue weighted by atomic mass is 79.9. The molecule has 1 aromatic carbocycles. The van der Waals surface area contributed by atoms with E-state index < -0.39 is 0 Å². The largest absolute Gasteiger partial charge is 0.382 e. The van der Waals surface area contributed by atoms with E-state index in [4.69, 9.17) is 0 Å². The van der Waals surface area contributed by atoms with Crippen LogP contribution >= 0.6 is 15.9 Å². The van der Waals surface area contributed by atoms with Crippen molar-refractivity contribution in [3.63, 3.8) is 0 Å². The van der Waals surface area contributed by atoms with Gasteiger partial charge in [0.25, 0.3) is 0 Å². The molecule has 1 aromatic rings. The van der Waals surface area contributed by atoms with Gasteiger partial charge in [-0.2, -0.15) is 0 Å². The molecule has 0 spiro atoms. The van der Waals surface area contributed by atoms with E-state index >= 15 is 0 Å². The molecule has 2 fully saturated rings. The summed E-state index contributed by atoms with van der Waals surface area (Å²) in [6, 6.07) is 9.28. The first kappa shape index (κ1) is 9.71. The van der Waals surface area contributed by atoms with E-state index in [0.717, 1.165) is 22.4 Å². The minimum Gasteiger partial charge on any atom is -0.382 e. The molecule has 1 N–H and O–H groups in total. The molecule has 80 valence electrons. The van der Waals surface area contributed by atoms with Crippen molar-refractivity contribution in [1.82, 2.24) is 0 Å². The molecule has 2 saturated carbocycles. The van der Waals surface area contributed by atoms with Gasteiger partial charge in [-0.1, -0.05) is 22.0 Å². The van der Waals surface area contributed by atoms with Gasteiger partial charge in [0.05, 0.1) is 0 Å². The number of hydrogen-bond acceptors (Lipinski definition) is 1. The van der Waals surface area contributed by atoms with Gasteiger partial charge in [-0.15, -0.1) is 0 Å². The Balaban J connectivity index is 1.71. The second kappa shape index (κ2) is 3.82. The third-order valence-electron chi connectivity index (χ3n) is 3.42. The Bertz CT molecular complexity index is 343. The molecule has 0 heterocycles. The topological polar surface area (TPSA) is 12.0 Å². The number of benzene rings is 1. The van der Waals surface area contributed by atoms with Crippen molar-refractivity contribution < 1.29 is 0 Å². The first-order valence-electron chi connectivity index (χ1n) is 5.85. The first-order valence-corrected chi connectivity index (χ1v) is 6.64. The summed E-state index contributed by atoms with van der Waals surface area (Å²) in [5.41, 5.74) is 1.27. The summed E-state index contributed by atoms with van der Waals surface area (Å²) in [6.45, 7) is 0. The minimum atomic E-state index is 0.749. The molecule has 0 bridgehead atoms. The average Bonchev–Trinajstić information content (AvgIpc) is 3.07. The van der Waals surface area contributed by atoms with Gasteiger partial charge < -0.3 is 5.32 Å². The van der Waals surface area contributed by atoms with Crippen LogP contribution in [0.25, 0.3) is 0 Å². The fourth-order valence-corrected chi connectivity index (χ4v) is 2.70. The summed E-state index contributed by atoms with van der Waals surface area (Å²) in [6.07, 6.45) is 5.73. The van der Waals surface area contributed by atoms with Crippen LogP contribution in [0.4, 0.5) is 5.69 Å². The zero-order chi connectivity index (χ0) is 10.3. The third kappa shape index (κ3) is 2.36. The van der Waals surface area contributed by atoms with Crippen LogP contribution in [0.5, 0.6) is 0 Å². The number of nitrogens with one attached hydrogen (secondary N) is 1. The molecule has 0 radical (unpaired) electrons. The molecule has 0 aliphatic heterocycles. The number of anilines is 1. The monoisotopic (exact) mass is 265 g/mol. The summed E-state index contributed by atoms with van der Waals surface area (Å²) >= 11 is 3.52. The maximum atomic E-state index is 3.71. The van der Waals surface area contributed by atoms with Gasteiger partial charge >= 0.3 is 0 Å². The molecular formula is C13H16BrN. The van der Waals surface area contributed by atoms with Crippen molar-refractivity contribution in [1.29, 1.82) is 0 Å². The number of hydrogen-bond donors (Lipinski definition) is 1.